The van der Waals surface area contributed by atoms with Gasteiger partial charge in [0.2, 0.25) is 5.91 Å². The van der Waals surface area contributed by atoms with E-state index in [0.717, 1.165) is 11.8 Å². The summed E-state index contributed by atoms with van der Waals surface area (Å²) in [6, 6.07) is 0.563. The number of carbonyl (C=O) groups excluding carboxylic acids is 1. The molecular formula is C18H34N2O. The maximum Gasteiger partial charge on any atom is 0.234 e. The molecular weight excluding hydrogens is 260 g/mol. The van der Waals surface area contributed by atoms with Gasteiger partial charge in [-0.15, -0.1) is 0 Å². The number of carbonyl (C=O) groups is 1. The van der Waals surface area contributed by atoms with E-state index >= 15 is 0 Å². The van der Waals surface area contributed by atoms with Crippen LogP contribution in [0.1, 0.15) is 78.6 Å². The first-order chi connectivity index (χ1) is 9.96. The molecule has 21 heavy (non-hydrogen) atoms. The SMILES string of the molecule is CC(C)(C)NC(=O)CNC1CCCCC1C1CCCCC1. The smallest absolute Gasteiger partial charge is 0.234 e. The summed E-state index contributed by atoms with van der Waals surface area (Å²) in [7, 11) is 0. The summed E-state index contributed by atoms with van der Waals surface area (Å²) in [5, 5.41) is 6.63. The van der Waals surface area contributed by atoms with Crippen molar-refractivity contribution < 1.29 is 4.79 Å². The molecule has 2 saturated carbocycles. The van der Waals surface area contributed by atoms with Crippen molar-refractivity contribution >= 4 is 5.91 Å². The van der Waals surface area contributed by atoms with Gasteiger partial charge in [-0.2, -0.15) is 0 Å². The van der Waals surface area contributed by atoms with Crippen molar-refractivity contribution in [3.8, 4) is 0 Å². The molecule has 0 heterocycles. The summed E-state index contributed by atoms with van der Waals surface area (Å²) in [5.41, 5.74) is -0.131. The Hall–Kier alpha value is -0.570. The molecule has 2 N–H and O–H groups in total. The van der Waals surface area contributed by atoms with Gasteiger partial charge in [0.1, 0.15) is 0 Å². The first-order valence-electron chi connectivity index (χ1n) is 9.00. The van der Waals surface area contributed by atoms with E-state index in [4.69, 9.17) is 0 Å². The van der Waals surface area contributed by atoms with Gasteiger partial charge >= 0.3 is 0 Å². The van der Waals surface area contributed by atoms with E-state index in [-0.39, 0.29) is 11.4 Å². The zero-order valence-electron chi connectivity index (χ0n) is 14.2. The van der Waals surface area contributed by atoms with E-state index in [9.17, 15) is 4.79 Å². The van der Waals surface area contributed by atoms with Crippen molar-refractivity contribution in [2.75, 3.05) is 6.54 Å². The molecule has 0 aromatic rings. The molecule has 0 aliphatic heterocycles. The summed E-state index contributed by atoms with van der Waals surface area (Å²) in [5.74, 6) is 1.85. The van der Waals surface area contributed by atoms with Gasteiger partial charge in [-0.05, 0) is 45.4 Å². The number of hydrogen-bond donors (Lipinski definition) is 2. The largest absolute Gasteiger partial charge is 0.350 e. The highest BCUT2D eigenvalue weighted by Crippen LogP contribution is 2.38. The van der Waals surface area contributed by atoms with E-state index < -0.39 is 0 Å². The molecule has 0 bridgehead atoms. The van der Waals surface area contributed by atoms with Crippen LogP contribution in [0.2, 0.25) is 0 Å². The van der Waals surface area contributed by atoms with Crippen LogP contribution in [-0.4, -0.2) is 24.0 Å². The fraction of sp³-hybridized carbons (Fsp3) is 0.944. The highest BCUT2D eigenvalue weighted by molar-refractivity contribution is 5.78. The minimum atomic E-state index is -0.131. The zero-order chi connectivity index (χ0) is 15.3. The zero-order valence-corrected chi connectivity index (χ0v) is 14.2. The summed E-state index contributed by atoms with van der Waals surface area (Å²) in [4.78, 5) is 12.0. The first kappa shape index (κ1) is 16.8. The molecule has 122 valence electrons. The third kappa shape index (κ3) is 5.61. The predicted molar refractivity (Wildman–Crippen MR) is 88.2 cm³/mol. The van der Waals surface area contributed by atoms with Crippen LogP contribution in [0.3, 0.4) is 0 Å². The van der Waals surface area contributed by atoms with Crippen molar-refractivity contribution in [3.05, 3.63) is 0 Å². The number of nitrogens with one attached hydrogen (secondary N) is 2. The Balaban J connectivity index is 1.82. The van der Waals surface area contributed by atoms with Crippen LogP contribution < -0.4 is 10.6 Å². The second-order valence-corrected chi connectivity index (χ2v) is 8.13. The number of amides is 1. The van der Waals surface area contributed by atoms with Crippen LogP contribution in [0, 0.1) is 11.8 Å². The highest BCUT2D eigenvalue weighted by Gasteiger charge is 2.32. The molecule has 2 unspecified atom stereocenters. The van der Waals surface area contributed by atoms with Gasteiger partial charge in [-0.25, -0.2) is 0 Å². The van der Waals surface area contributed by atoms with Crippen LogP contribution in [0.4, 0.5) is 0 Å². The first-order valence-corrected chi connectivity index (χ1v) is 9.00. The van der Waals surface area contributed by atoms with Gasteiger partial charge in [0, 0.05) is 11.6 Å². The van der Waals surface area contributed by atoms with E-state index in [1.807, 2.05) is 20.8 Å². The van der Waals surface area contributed by atoms with Gasteiger partial charge in [-0.1, -0.05) is 44.9 Å². The van der Waals surface area contributed by atoms with E-state index in [1.54, 1.807) is 0 Å². The monoisotopic (exact) mass is 294 g/mol. The van der Waals surface area contributed by atoms with E-state index in [1.165, 1.54) is 57.8 Å². The van der Waals surface area contributed by atoms with Crippen LogP contribution in [-0.2, 0) is 4.79 Å². The number of rotatable bonds is 4. The molecule has 0 aromatic carbocycles. The molecule has 0 spiro atoms. The minimum absolute atomic E-state index is 0.131. The van der Waals surface area contributed by atoms with Gasteiger partial charge < -0.3 is 10.6 Å². The molecule has 0 saturated heterocycles. The maximum atomic E-state index is 12.0. The standard InChI is InChI=1S/C18H34N2O/c1-18(2,3)20-17(21)13-19-16-12-8-7-11-15(16)14-9-5-4-6-10-14/h14-16,19H,4-13H2,1-3H3,(H,20,21). The van der Waals surface area contributed by atoms with Crippen molar-refractivity contribution in [3.63, 3.8) is 0 Å². The molecule has 2 aliphatic carbocycles. The second-order valence-electron chi connectivity index (χ2n) is 8.13. The lowest BCUT2D eigenvalue weighted by Gasteiger charge is -2.39. The van der Waals surface area contributed by atoms with Crippen molar-refractivity contribution in [2.24, 2.45) is 11.8 Å². The fourth-order valence-electron chi connectivity index (χ4n) is 4.23. The average molecular weight is 294 g/mol. The minimum Gasteiger partial charge on any atom is -0.350 e. The van der Waals surface area contributed by atoms with E-state index in [2.05, 4.69) is 10.6 Å². The number of hydrogen-bond acceptors (Lipinski definition) is 2. The fourth-order valence-corrected chi connectivity index (χ4v) is 4.23. The summed E-state index contributed by atoms with van der Waals surface area (Å²) in [6.07, 6.45) is 12.4. The Morgan fingerprint density at radius 3 is 2.24 bits per heavy atom. The normalized spacial score (nSPS) is 28.3. The third-order valence-corrected chi connectivity index (χ3v) is 5.11. The average Bonchev–Trinajstić information content (AvgIpc) is 2.45. The van der Waals surface area contributed by atoms with Crippen molar-refractivity contribution in [2.45, 2.75) is 90.1 Å². The lowest BCUT2D eigenvalue weighted by Crippen LogP contribution is -2.49. The molecule has 3 heteroatoms. The summed E-state index contributed by atoms with van der Waals surface area (Å²) >= 11 is 0. The molecule has 2 atom stereocenters. The Morgan fingerprint density at radius 2 is 1.57 bits per heavy atom. The Morgan fingerprint density at radius 1 is 0.952 bits per heavy atom. The van der Waals surface area contributed by atoms with Gasteiger partial charge in [0.25, 0.3) is 0 Å². The Bertz CT molecular complexity index is 329. The lowest BCUT2D eigenvalue weighted by atomic mass is 9.71. The van der Waals surface area contributed by atoms with Gasteiger partial charge in [-0.3, -0.25) is 4.79 Å². The molecule has 3 nitrogen and oxygen atoms in total. The lowest BCUT2D eigenvalue weighted by molar-refractivity contribution is -0.121. The highest BCUT2D eigenvalue weighted by atomic mass is 16.2. The topological polar surface area (TPSA) is 41.1 Å². The molecule has 0 aromatic heterocycles. The summed E-state index contributed by atoms with van der Waals surface area (Å²) < 4.78 is 0. The van der Waals surface area contributed by atoms with Gasteiger partial charge in [0.05, 0.1) is 6.54 Å². The Kier molecular flexibility index (Phi) is 6.09. The van der Waals surface area contributed by atoms with Crippen LogP contribution in [0.15, 0.2) is 0 Å². The Labute approximate surface area is 130 Å². The molecule has 2 aliphatic rings. The molecule has 1 amide bonds. The maximum absolute atomic E-state index is 12.0. The third-order valence-electron chi connectivity index (χ3n) is 5.11. The van der Waals surface area contributed by atoms with Gasteiger partial charge in [0.15, 0.2) is 0 Å². The molecule has 0 radical (unpaired) electrons. The van der Waals surface area contributed by atoms with Crippen LogP contribution in [0.5, 0.6) is 0 Å². The quantitative estimate of drug-likeness (QED) is 0.831. The van der Waals surface area contributed by atoms with E-state index in [0.29, 0.717) is 12.6 Å². The van der Waals surface area contributed by atoms with Crippen LogP contribution >= 0.6 is 0 Å². The summed E-state index contributed by atoms with van der Waals surface area (Å²) in [6.45, 7) is 6.59. The van der Waals surface area contributed by atoms with Crippen molar-refractivity contribution in [1.82, 2.24) is 10.6 Å². The van der Waals surface area contributed by atoms with Crippen molar-refractivity contribution in [1.29, 1.82) is 0 Å². The second kappa shape index (κ2) is 7.62. The predicted octanol–water partition coefficient (Wildman–Crippen LogP) is 3.63. The van der Waals surface area contributed by atoms with Crippen LogP contribution in [0.25, 0.3) is 0 Å². The molecule has 2 fully saturated rings. The molecule has 2 rings (SSSR count).